The topological polar surface area (TPSA) is 47.1 Å². The van der Waals surface area contributed by atoms with Crippen molar-refractivity contribution in [3.8, 4) is 0 Å². The fourth-order valence-corrected chi connectivity index (χ4v) is 4.10. The van der Waals surface area contributed by atoms with Gasteiger partial charge in [0.25, 0.3) is 0 Å². The van der Waals surface area contributed by atoms with Crippen molar-refractivity contribution < 1.29 is 0 Å². The van der Waals surface area contributed by atoms with Crippen LogP contribution in [0.15, 0.2) is 18.2 Å². The fourth-order valence-electron chi connectivity index (χ4n) is 3.12. The Labute approximate surface area is 129 Å². The molecule has 5 heteroatoms. The highest BCUT2D eigenvalue weighted by molar-refractivity contribution is 7.99. The Morgan fingerprint density at radius 3 is 2.76 bits per heavy atom. The number of anilines is 1. The summed E-state index contributed by atoms with van der Waals surface area (Å²) >= 11 is 2.07. The van der Waals surface area contributed by atoms with Gasteiger partial charge in [-0.05, 0) is 31.0 Å². The van der Waals surface area contributed by atoms with Crippen LogP contribution >= 0.6 is 11.8 Å². The molecule has 0 atom stereocenters. The summed E-state index contributed by atoms with van der Waals surface area (Å²) in [5.74, 6) is 4.51. The number of aromatic nitrogens is 2. The van der Waals surface area contributed by atoms with Crippen LogP contribution in [0.1, 0.15) is 24.6 Å². The van der Waals surface area contributed by atoms with Gasteiger partial charge in [0.1, 0.15) is 5.82 Å². The number of nitrogens with two attached hydrogens (primary N) is 1. The molecule has 2 aromatic rings. The van der Waals surface area contributed by atoms with Crippen LogP contribution in [-0.4, -0.2) is 45.6 Å². The molecule has 2 aliphatic rings. The molecule has 2 N–H and O–H groups in total. The van der Waals surface area contributed by atoms with Gasteiger partial charge in [-0.2, -0.15) is 11.8 Å². The molecule has 1 aliphatic heterocycles. The summed E-state index contributed by atoms with van der Waals surface area (Å²) in [5.41, 5.74) is 9.02. The summed E-state index contributed by atoms with van der Waals surface area (Å²) in [6.07, 6.45) is 2.58. The van der Waals surface area contributed by atoms with Crippen LogP contribution in [0.5, 0.6) is 0 Å². The predicted molar refractivity (Wildman–Crippen MR) is 89.9 cm³/mol. The maximum Gasteiger partial charge on any atom is 0.113 e. The van der Waals surface area contributed by atoms with Gasteiger partial charge in [-0.15, -0.1) is 0 Å². The Bertz CT molecular complexity index is 641. The summed E-state index contributed by atoms with van der Waals surface area (Å²) in [6, 6.07) is 6.14. The standard InChI is InChI=1S/C16H22N4S/c17-13-3-4-15-14(11-13)18-16(12-1-2-12)20(15)6-5-19-7-9-21-10-8-19/h3-4,11-12H,1-2,5-10,17H2. The number of nitrogens with zero attached hydrogens (tertiary/aromatic N) is 3. The third-order valence-corrected chi connectivity index (χ3v) is 5.43. The summed E-state index contributed by atoms with van der Waals surface area (Å²) in [7, 11) is 0. The van der Waals surface area contributed by atoms with Crippen LogP contribution in [0.4, 0.5) is 5.69 Å². The maximum atomic E-state index is 5.91. The van der Waals surface area contributed by atoms with E-state index in [1.165, 1.54) is 48.8 Å². The highest BCUT2D eigenvalue weighted by Gasteiger charge is 2.29. The molecule has 0 unspecified atom stereocenters. The minimum Gasteiger partial charge on any atom is -0.399 e. The van der Waals surface area contributed by atoms with E-state index in [0.717, 1.165) is 24.3 Å². The van der Waals surface area contributed by atoms with Crippen LogP contribution in [-0.2, 0) is 6.54 Å². The molecule has 112 valence electrons. The van der Waals surface area contributed by atoms with Crippen molar-refractivity contribution in [2.24, 2.45) is 0 Å². The fraction of sp³-hybridized carbons (Fsp3) is 0.562. The quantitative estimate of drug-likeness (QED) is 0.882. The molecule has 2 heterocycles. The van der Waals surface area contributed by atoms with E-state index >= 15 is 0 Å². The largest absolute Gasteiger partial charge is 0.399 e. The molecule has 0 radical (unpaired) electrons. The molecule has 0 amide bonds. The highest BCUT2D eigenvalue weighted by Crippen LogP contribution is 2.40. The van der Waals surface area contributed by atoms with E-state index in [1.54, 1.807) is 0 Å². The Morgan fingerprint density at radius 1 is 1.19 bits per heavy atom. The van der Waals surface area contributed by atoms with Gasteiger partial charge in [0.05, 0.1) is 11.0 Å². The second-order valence-corrected chi connectivity index (χ2v) is 7.32. The van der Waals surface area contributed by atoms with Gasteiger partial charge >= 0.3 is 0 Å². The van der Waals surface area contributed by atoms with Crippen LogP contribution in [0, 0.1) is 0 Å². The van der Waals surface area contributed by atoms with E-state index in [2.05, 4.69) is 27.3 Å². The Hall–Kier alpha value is -1.20. The monoisotopic (exact) mass is 302 g/mol. The van der Waals surface area contributed by atoms with Gasteiger partial charge in [-0.25, -0.2) is 4.98 Å². The lowest BCUT2D eigenvalue weighted by molar-refractivity contribution is 0.289. The van der Waals surface area contributed by atoms with Crippen molar-refractivity contribution in [2.45, 2.75) is 25.3 Å². The zero-order valence-electron chi connectivity index (χ0n) is 12.3. The molecular formula is C16H22N4S. The molecule has 21 heavy (non-hydrogen) atoms. The number of imidazole rings is 1. The Kier molecular flexibility index (Phi) is 3.55. The summed E-state index contributed by atoms with van der Waals surface area (Å²) < 4.78 is 2.44. The molecule has 1 saturated heterocycles. The number of nitrogen functional groups attached to an aromatic ring is 1. The third kappa shape index (κ3) is 2.77. The average Bonchev–Trinajstić information content (AvgIpc) is 3.28. The Morgan fingerprint density at radius 2 is 2.00 bits per heavy atom. The molecule has 0 bridgehead atoms. The molecular weight excluding hydrogens is 280 g/mol. The van der Waals surface area contributed by atoms with Crippen molar-refractivity contribution >= 4 is 28.5 Å². The molecule has 1 aromatic heterocycles. The van der Waals surface area contributed by atoms with E-state index < -0.39 is 0 Å². The molecule has 1 aliphatic carbocycles. The van der Waals surface area contributed by atoms with Crippen LogP contribution < -0.4 is 5.73 Å². The molecule has 4 nitrogen and oxygen atoms in total. The summed E-state index contributed by atoms with van der Waals surface area (Å²) in [5, 5.41) is 0. The van der Waals surface area contributed by atoms with Crippen LogP contribution in [0.2, 0.25) is 0 Å². The van der Waals surface area contributed by atoms with E-state index in [4.69, 9.17) is 10.7 Å². The van der Waals surface area contributed by atoms with Crippen molar-refractivity contribution in [2.75, 3.05) is 36.9 Å². The number of rotatable bonds is 4. The number of benzene rings is 1. The van der Waals surface area contributed by atoms with Gasteiger partial charge in [-0.1, -0.05) is 0 Å². The number of hydrogen-bond donors (Lipinski definition) is 1. The molecule has 1 saturated carbocycles. The first-order chi connectivity index (χ1) is 10.3. The van der Waals surface area contributed by atoms with Gasteiger partial charge in [0.15, 0.2) is 0 Å². The molecule has 0 spiro atoms. The zero-order chi connectivity index (χ0) is 14.2. The Balaban J connectivity index is 1.60. The van der Waals surface area contributed by atoms with E-state index in [-0.39, 0.29) is 0 Å². The van der Waals surface area contributed by atoms with E-state index in [9.17, 15) is 0 Å². The number of thioether (sulfide) groups is 1. The first-order valence-electron chi connectivity index (χ1n) is 7.87. The lowest BCUT2D eigenvalue weighted by Gasteiger charge is -2.26. The normalized spacial score (nSPS) is 20.2. The van der Waals surface area contributed by atoms with Gasteiger partial charge in [-0.3, -0.25) is 4.90 Å². The van der Waals surface area contributed by atoms with Crippen LogP contribution in [0.25, 0.3) is 11.0 Å². The summed E-state index contributed by atoms with van der Waals surface area (Å²) in [4.78, 5) is 7.44. The third-order valence-electron chi connectivity index (χ3n) is 4.49. The first-order valence-corrected chi connectivity index (χ1v) is 9.02. The molecule has 1 aromatic carbocycles. The zero-order valence-corrected chi connectivity index (χ0v) is 13.1. The average molecular weight is 302 g/mol. The molecule has 2 fully saturated rings. The van der Waals surface area contributed by atoms with Crippen molar-refractivity contribution in [1.82, 2.24) is 14.5 Å². The second kappa shape index (κ2) is 5.54. The number of fused-ring (bicyclic) bond motifs is 1. The van der Waals surface area contributed by atoms with Crippen LogP contribution in [0.3, 0.4) is 0 Å². The lowest BCUT2D eigenvalue weighted by atomic mass is 10.3. The highest BCUT2D eigenvalue weighted by atomic mass is 32.2. The SMILES string of the molecule is Nc1ccc2c(c1)nc(C1CC1)n2CCN1CCSCC1. The second-order valence-electron chi connectivity index (χ2n) is 6.10. The van der Waals surface area contributed by atoms with E-state index in [0.29, 0.717) is 5.92 Å². The lowest BCUT2D eigenvalue weighted by Crippen LogP contribution is -2.35. The van der Waals surface area contributed by atoms with Crippen molar-refractivity contribution in [3.05, 3.63) is 24.0 Å². The minimum absolute atomic E-state index is 0.676. The van der Waals surface area contributed by atoms with Gasteiger partial charge in [0.2, 0.25) is 0 Å². The first kappa shape index (κ1) is 13.5. The van der Waals surface area contributed by atoms with Gasteiger partial charge in [0, 0.05) is 49.3 Å². The number of hydrogen-bond acceptors (Lipinski definition) is 4. The van der Waals surface area contributed by atoms with Crippen molar-refractivity contribution in [3.63, 3.8) is 0 Å². The summed E-state index contributed by atoms with van der Waals surface area (Å²) in [6.45, 7) is 4.64. The minimum atomic E-state index is 0.676. The predicted octanol–water partition coefficient (Wildman–Crippen LogP) is 2.54. The van der Waals surface area contributed by atoms with E-state index in [1.807, 2.05) is 12.1 Å². The maximum absolute atomic E-state index is 5.91. The van der Waals surface area contributed by atoms with Crippen molar-refractivity contribution in [1.29, 1.82) is 0 Å². The van der Waals surface area contributed by atoms with Gasteiger partial charge < -0.3 is 10.3 Å². The molecule has 4 rings (SSSR count). The smallest absolute Gasteiger partial charge is 0.113 e.